The first-order valence-corrected chi connectivity index (χ1v) is 18.1. The standard InChI is InChI=1S/C34H60N8O12/c1-16(2)24(37-21(8)46)32(51)41-27(20(7)45)34(53)42-12-9-11-23(42)30(49)39-25(17(3)4)31(50)38-22(15-54-14-10-13-43)29(48)40-26(19(6)44)33(52)36-18(5)28(35)47/h16-20,22-27,43-45H,9-15H2,1-8H3,(H2,35,47)(H,36,52)(H,37,46)(H,38,50)(H,39,49)(H,40,48)(H,41,51)/t18-,19+,20+,22-,23-,24-,25-,26-,27-/m0/s1. The number of nitrogens with one attached hydrogen (secondary N) is 6. The van der Waals surface area contributed by atoms with Gasteiger partial charge in [-0.25, -0.2) is 0 Å². The Labute approximate surface area is 315 Å². The van der Waals surface area contributed by atoms with Crippen molar-refractivity contribution in [3.05, 3.63) is 0 Å². The molecule has 1 rings (SSSR count). The van der Waals surface area contributed by atoms with Crippen molar-refractivity contribution in [2.45, 2.75) is 129 Å². The van der Waals surface area contributed by atoms with Crippen LogP contribution in [0, 0.1) is 11.8 Å². The first kappa shape index (κ1) is 47.6. The van der Waals surface area contributed by atoms with E-state index in [2.05, 4.69) is 31.9 Å². The molecule has 1 heterocycles. The molecule has 0 aliphatic carbocycles. The van der Waals surface area contributed by atoms with Gasteiger partial charge in [-0.1, -0.05) is 27.7 Å². The van der Waals surface area contributed by atoms with Crippen LogP contribution in [0.2, 0.25) is 0 Å². The van der Waals surface area contributed by atoms with Crippen molar-refractivity contribution in [1.29, 1.82) is 0 Å². The SMILES string of the molecule is CC(=O)N[C@H](C(=O)N[C@H](C(=O)N1CCC[C@H]1C(=O)N[C@H](C(=O)N[C@@H](COCCCO)C(=O)N[C@H](C(=O)N[C@@H](C)C(N)=O)[C@@H](C)O)C(C)C)[C@@H](C)O)C(C)C. The van der Waals surface area contributed by atoms with Crippen molar-refractivity contribution in [1.82, 2.24) is 36.8 Å². The molecule has 9 atom stereocenters. The van der Waals surface area contributed by atoms with Gasteiger partial charge in [-0.2, -0.15) is 0 Å². The lowest BCUT2D eigenvalue weighted by molar-refractivity contribution is -0.145. The van der Waals surface area contributed by atoms with E-state index in [1.54, 1.807) is 27.7 Å². The van der Waals surface area contributed by atoms with Gasteiger partial charge >= 0.3 is 0 Å². The maximum Gasteiger partial charge on any atom is 0.248 e. The van der Waals surface area contributed by atoms with Gasteiger partial charge in [0.25, 0.3) is 0 Å². The maximum absolute atomic E-state index is 13.7. The number of carbonyl (C=O) groups excluding carboxylic acids is 8. The molecule has 0 aromatic rings. The largest absolute Gasteiger partial charge is 0.396 e. The fraction of sp³-hybridized carbons (Fsp3) is 0.765. The minimum atomic E-state index is -1.57. The number of rotatable bonds is 22. The van der Waals surface area contributed by atoms with E-state index in [-0.39, 0.29) is 38.5 Å². The molecule has 0 bridgehead atoms. The van der Waals surface area contributed by atoms with Crippen LogP contribution in [-0.2, 0) is 43.1 Å². The van der Waals surface area contributed by atoms with Gasteiger partial charge in [-0.3, -0.25) is 38.4 Å². The van der Waals surface area contributed by atoms with E-state index in [9.17, 15) is 48.6 Å². The number of hydrogen-bond acceptors (Lipinski definition) is 12. The third kappa shape index (κ3) is 14.8. The number of ether oxygens (including phenoxy) is 1. The molecule has 11 N–H and O–H groups in total. The highest BCUT2D eigenvalue weighted by Gasteiger charge is 2.42. The molecule has 1 fully saturated rings. The maximum atomic E-state index is 13.7. The summed E-state index contributed by atoms with van der Waals surface area (Å²) in [5, 5.41) is 44.6. The second-order valence-corrected chi connectivity index (χ2v) is 14.1. The van der Waals surface area contributed by atoms with Gasteiger partial charge < -0.3 is 62.6 Å². The quantitative estimate of drug-likeness (QED) is 0.0470. The first-order chi connectivity index (χ1) is 25.1. The Morgan fingerprint density at radius 2 is 1.24 bits per heavy atom. The zero-order valence-corrected chi connectivity index (χ0v) is 32.3. The fourth-order valence-corrected chi connectivity index (χ4v) is 5.50. The lowest BCUT2D eigenvalue weighted by Crippen LogP contribution is -2.62. The van der Waals surface area contributed by atoms with Crippen molar-refractivity contribution in [3.8, 4) is 0 Å². The molecular formula is C34H60N8O12. The van der Waals surface area contributed by atoms with Crippen LogP contribution < -0.4 is 37.6 Å². The summed E-state index contributed by atoms with van der Waals surface area (Å²) in [4.78, 5) is 105. The van der Waals surface area contributed by atoms with Crippen LogP contribution in [0.5, 0.6) is 0 Å². The van der Waals surface area contributed by atoms with Crippen LogP contribution in [-0.4, -0.2) is 148 Å². The number of primary amides is 1. The second-order valence-electron chi connectivity index (χ2n) is 14.1. The molecule has 1 aliphatic heterocycles. The van der Waals surface area contributed by atoms with Gasteiger partial charge in [0.05, 0.1) is 18.8 Å². The van der Waals surface area contributed by atoms with Crippen molar-refractivity contribution >= 4 is 47.3 Å². The molecule has 0 aromatic carbocycles. The Balaban J connectivity index is 3.22. The van der Waals surface area contributed by atoms with Crippen molar-refractivity contribution in [3.63, 3.8) is 0 Å². The summed E-state index contributed by atoms with van der Waals surface area (Å²) in [6.07, 6.45) is -2.02. The van der Waals surface area contributed by atoms with Gasteiger partial charge in [0, 0.05) is 26.7 Å². The summed E-state index contributed by atoms with van der Waals surface area (Å²) >= 11 is 0. The number of nitrogens with two attached hydrogens (primary N) is 1. The molecule has 0 unspecified atom stereocenters. The zero-order valence-electron chi connectivity index (χ0n) is 32.3. The summed E-state index contributed by atoms with van der Waals surface area (Å²) in [7, 11) is 0. The van der Waals surface area contributed by atoms with Gasteiger partial charge in [0.15, 0.2) is 0 Å². The highest BCUT2D eigenvalue weighted by atomic mass is 16.5. The first-order valence-electron chi connectivity index (χ1n) is 18.1. The number of carbonyl (C=O) groups is 8. The van der Waals surface area contributed by atoms with E-state index >= 15 is 0 Å². The Hall–Kier alpha value is -4.40. The van der Waals surface area contributed by atoms with Gasteiger partial charge in [-0.05, 0) is 51.9 Å². The lowest BCUT2D eigenvalue weighted by atomic mass is 10.0. The molecule has 308 valence electrons. The number of aliphatic hydroxyl groups is 3. The van der Waals surface area contributed by atoms with E-state index in [1.165, 1.54) is 32.6 Å². The molecule has 0 radical (unpaired) electrons. The van der Waals surface area contributed by atoms with Gasteiger partial charge in [0.1, 0.15) is 42.3 Å². The third-order valence-electron chi connectivity index (χ3n) is 8.65. The molecule has 0 spiro atoms. The Bertz CT molecular complexity index is 1330. The summed E-state index contributed by atoms with van der Waals surface area (Å²) in [6.45, 7) is 11.2. The average molecular weight is 773 g/mol. The number of aliphatic hydroxyl groups excluding tert-OH is 3. The van der Waals surface area contributed by atoms with Crippen LogP contribution in [0.3, 0.4) is 0 Å². The molecule has 0 aromatic heterocycles. The Kier molecular flexibility index (Phi) is 20.0. The number of nitrogens with zero attached hydrogens (tertiary/aromatic N) is 1. The number of hydrogen-bond donors (Lipinski definition) is 10. The minimum absolute atomic E-state index is 0.00174. The van der Waals surface area contributed by atoms with Crippen LogP contribution in [0.15, 0.2) is 0 Å². The monoisotopic (exact) mass is 772 g/mol. The molecule has 54 heavy (non-hydrogen) atoms. The molecule has 0 saturated carbocycles. The van der Waals surface area contributed by atoms with Gasteiger partial charge in [-0.15, -0.1) is 0 Å². The second kappa shape index (κ2) is 22.7. The number of likely N-dealkylation sites (tertiary alicyclic amines) is 1. The molecule has 1 saturated heterocycles. The molecule has 20 nitrogen and oxygen atoms in total. The Morgan fingerprint density at radius 1 is 0.722 bits per heavy atom. The topological polar surface area (TPSA) is 308 Å². The van der Waals surface area contributed by atoms with Crippen LogP contribution in [0.4, 0.5) is 0 Å². The summed E-state index contributed by atoms with van der Waals surface area (Å²) in [6, 6.07) is -8.96. The predicted octanol–water partition coefficient (Wildman–Crippen LogP) is -4.12. The van der Waals surface area contributed by atoms with E-state index in [0.717, 1.165) is 0 Å². The summed E-state index contributed by atoms with van der Waals surface area (Å²) < 4.78 is 5.45. The van der Waals surface area contributed by atoms with Crippen LogP contribution in [0.1, 0.15) is 74.7 Å². The smallest absolute Gasteiger partial charge is 0.248 e. The normalized spacial score (nSPS) is 18.6. The average Bonchev–Trinajstić information content (AvgIpc) is 3.57. The fourth-order valence-electron chi connectivity index (χ4n) is 5.50. The minimum Gasteiger partial charge on any atom is -0.396 e. The molecule has 20 heteroatoms. The lowest BCUT2D eigenvalue weighted by Gasteiger charge is -2.32. The van der Waals surface area contributed by atoms with Crippen molar-refractivity contribution in [2.24, 2.45) is 17.6 Å². The van der Waals surface area contributed by atoms with E-state index in [0.29, 0.717) is 6.42 Å². The Morgan fingerprint density at radius 3 is 1.74 bits per heavy atom. The highest BCUT2D eigenvalue weighted by molar-refractivity contribution is 5.98. The van der Waals surface area contributed by atoms with Crippen molar-refractivity contribution < 1.29 is 58.4 Å². The predicted molar refractivity (Wildman–Crippen MR) is 192 cm³/mol. The van der Waals surface area contributed by atoms with E-state index in [4.69, 9.17) is 15.6 Å². The van der Waals surface area contributed by atoms with Gasteiger partial charge in [0.2, 0.25) is 47.3 Å². The molecular weight excluding hydrogens is 712 g/mol. The third-order valence-corrected chi connectivity index (χ3v) is 8.65. The summed E-state index contributed by atoms with van der Waals surface area (Å²) in [5.74, 6) is -7.09. The van der Waals surface area contributed by atoms with Crippen LogP contribution >= 0.6 is 0 Å². The number of amides is 8. The van der Waals surface area contributed by atoms with E-state index in [1.807, 2.05) is 0 Å². The van der Waals surface area contributed by atoms with E-state index < -0.39 is 114 Å². The molecule has 8 amide bonds. The van der Waals surface area contributed by atoms with Crippen molar-refractivity contribution in [2.75, 3.05) is 26.4 Å². The molecule has 1 aliphatic rings. The summed E-state index contributed by atoms with van der Waals surface area (Å²) in [5.41, 5.74) is 5.20. The highest BCUT2D eigenvalue weighted by Crippen LogP contribution is 2.20. The van der Waals surface area contributed by atoms with Crippen LogP contribution in [0.25, 0.3) is 0 Å². The zero-order chi connectivity index (χ0) is 41.4.